The minimum atomic E-state index is -0.106. The van der Waals surface area contributed by atoms with E-state index in [1.165, 1.54) is 37.2 Å². The lowest BCUT2D eigenvalue weighted by atomic mass is 10.1. The van der Waals surface area contributed by atoms with Crippen LogP contribution >= 0.6 is 23.4 Å². The minimum absolute atomic E-state index is 0.0768. The molecule has 0 unspecified atom stereocenters. The van der Waals surface area contributed by atoms with Crippen molar-refractivity contribution >= 4 is 40.3 Å². The number of H-pyrrole nitrogens is 1. The Bertz CT molecular complexity index is 1150. The molecule has 1 amide bonds. The molecule has 1 fully saturated rings. The summed E-state index contributed by atoms with van der Waals surface area (Å²) in [6.07, 6.45) is 3.57. The number of hydrogen-bond acceptors (Lipinski definition) is 7. The van der Waals surface area contributed by atoms with E-state index < -0.39 is 0 Å². The molecule has 0 atom stereocenters. The molecular formula is C19H16ClN5O3S. The van der Waals surface area contributed by atoms with Gasteiger partial charge in [0.15, 0.2) is 16.7 Å². The molecule has 1 aliphatic rings. The topological polar surface area (TPSA) is 124 Å². The highest BCUT2D eigenvalue weighted by atomic mass is 35.5. The standard InChI is InChI=1S/C19H16ClN5O3S/c1-28-14-5-12(20)11(4-13(14)26)17-16-9(6-21)7-22-18(16)25-19(24-17)29-8-15(27)23-10-2-3-10/h4-5,7,10,26H,2-3,8H2,1H3,(H,23,27)(H,22,24,25). The Kier molecular flexibility index (Phi) is 5.22. The molecule has 0 spiro atoms. The molecule has 8 nitrogen and oxygen atoms in total. The van der Waals surface area contributed by atoms with Crippen LogP contribution in [0.4, 0.5) is 0 Å². The van der Waals surface area contributed by atoms with Crippen molar-refractivity contribution in [3.05, 3.63) is 28.9 Å². The van der Waals surface area contributed by atoms with E-state index in [1.54, 1.807) is 0 Å². The van der Waals surface area contributed by atoms with E-state index in [9.17, 15) is 15.2 Å². The summed E-state index contributed by atoms with van der Waals surface area (Å²) in [7, 11) is 1.43. The molecular weight excluding hydrogens is 414 g/mol. The third-order valence-corrected chi connectivity index (χ3v) is 5.59. The highest BCUT2D eigenvalue weighted by Crippen LogP contribution is 2.40. The van der Waals surface area contributed by atoms with Crippen molar-refractivity contribution in [3.8, 4) is 28.8 Å². The number of ether oxygens (including phenoxy) is 1. The zero-order valence-corrected chi connectivity index (χ0v) is 16.9. The number of halogens is 1. The van der Waals surface area contributed by atoms with Crippen molar-refractivity contribution in [2.75, 3.05) is 12.9 Å². The SMILES string of the molecule is COc1cc(Cl)c(-c2nc(SCC(=O)NC3CC3)nc3[nH]cc(C#N)c23)cc1O. The summed E-state index contributed by atoms with van der Waals surface area (Å²) in [5.41, 5.74) is 1.62. The lowest BCUT2D eigenvalue weighted by molar-refractivity contribution is -0.118. The normalized spacial score (nSPS) is 13.3. The Morgan fingerprint density at radius 3 is 2.97 bits per heavy atom. The number of nitrogens with zero attached hydrogens (tertiary/aromatic N) is 3. The van der Waals surface area contributed by atoms with Crippen molar-refractivity contribution in [1.29, 1.82) is 5.26 Å². The van der Waals surface area contributed by atoms with Crippen LogP contribution < -0.4 is 10.1 Å². The number of aromatic nitrogens is 3. The second-order valence-electron chi connectivity index (χ2n) is 6.53. The lowest BCUT2D eigenvalue weighted by Crippen LogP contribution is -2.27. The number of amides is 1. The molecule has 1 saturated carbocycles. The van der Waals surface area contributed by atoms with Crippen molar-refractivity contribution in [2.24, 2.45) is 0 Å². The molecule has 29 heavy (non-hydrogen) atoms. The van der Waals surface area contributed by atoms with Gasteiger partial charge in [-0.15, -0.1) is 0 Å². The first-order valence-electron chi connectivity index (χ1n) is 8.78. The van der Waals surface area contributed by atoms with Gasteiger partial charge in [0.05, 0.1) is 34.5 Å². The van der Waals surface area contributed by atoms with E-state index in [-0.39, 0.29) is 29.2 Å². The molecule has 0 aliphatic heterocycles. The molecule has 148 valence electrons. The number of methoxy groups -OCH3 is 1. The van der Waals surface area contributed by atoms with Crippen LogP contribution in [0.15, 0.2) is 23.5 Å². The molecule has 3 aromatic rings. The van der Waals surface area contributed by atoms with Gasteiger partial charge in [-0.05, 0) is 18.9 Å². The van der Waals surface area contributed by atoms with E-state index >= 15 is 0 Å². The van der Waals surface area contributed by atoms with Crippen LogP contribution in [0, 0.1) is 11.3 Å². The second-order valence-corrected chi connectivity index (χ2v) is 7.88. The number of phenolic OH excluding ortho intramolecular Hbond substituents is 1. The number of thioether (sulfide) groups is 1. The van der Waals surface area contributed by atoms with Crippen molar-refractivity contribution < 1.29 is 14.6 Å². The monoisotopic (exact) mass is 429 g/mol. The Balaban J connectivity index is 1.76. The Labute approximate surface area is 175 Å². The second kappa shape index (κ2) is 7.81. The van der Waals surface area contributed by atoms with Gasteiger partial charge in [0.2, 0.25) is 5.91 Å². The predicted molar refractivity (Wildman–Crippen MR) is 109 cm³/mol. The molecule has 4 rings (SSSR count). The Morgan fingerprint density at radius 2 is 2.28 bits per heavy atom. The number of benzene rings is 1. The van der Waals surface area contributed by atoms with E-state index in [4.69, 9.17) is 16.3 Å². The molecule has 1 aromatic carbocycles. The highest BCUT2D eigenvalue weighted by Gasteiger charge is 2.24. The summed E-state index contributed by atoms with van der Waals surface area (Å²) < 4.78 is 5.09. The number of hydrogen-bond donors (Lipinski definition) is 3. The lowest BCUT2D eigenvalue weighted by Gasteiger charge is -2.11. The number of aromatic hydroxyl groups is 1. The number of nitrogens with one attached hydrogen (secondary N) is 2. The van der Waals surface area contributed by atoms with Crippen LogP contribution in [0.5, 0.6) is 11.5 Å². The van der Waals surface area contributed by atoms with Gasteiger partial charge in [0.1, 0.15) is 11.7 Å². The van der Waals surface area contributed by atoms with Crippen molar-refractivity contribution in [2.45, 2.75) is 24.0 Å². The summed E-state index contributed by atoms with van der Waals surface area (Å²) in [5, 5.41) is 23.7. The maximum Gasteiger partial charge on any atom is 0.230 e. The van der Waals surface area contributed by atoms with Crippen LogP contribution in [0.2, 0.25) is 5.02 Å². The minimum Gasteiger partial charge on any atom is -0.504 e. The Morgan fingerprint density at radius 1 is 1.48 bits per heavy atom. The first-order valence-corrected chi connectivity index (χ1v) is 10.1. The van der Waals surface area contributed by atoms with Crippen LogP contribution in [0.25, 0.3) is 22.3 Å². The van der Waals surface area contributed by atoms with Crippen LogP contribution in [0.3, 0.4) is 0 Å². The van der Waals surface area contributed by atoms with Crippen LogP contribution in [-0.4, -0.2) is 44.9 Å². The number of carbonyl (C=O) groups excluding carboxylic acids is 1. The predicted octanol–water partition coefficient (Wildman–Crippen LogP) is 3.23. The summed E-state index contributed by atoms with van der Waals surface area (Å²) in [5.74, 6) is 0.220. The van der Waals surface area contributed by atoms with Gasteiger partial charge >= 0.3 is 0 Å². The smallest absolute Gasteiger partial charge is 0.230 e. The number of carbonyl (C=O) groups is 1. The molecule has 0 saturated heterocycles. The van der Waals surface area contributed by atoms with Gasteiger partial charge in [-0.25, -0.2) is 9.97 Å². The number of rotatable bonds is 6. The van der Waals surface area contributed by atoms with Gasteiger partial charge in [-0.3, -0.25) is 4.79 Å². The number of nitriles is 1. The third-order valence-electron chi connectivity index (χ3n) is 4.43. The zero-order chi connectivity index (χ0) is 20.5. The van der Waals surface area contributed by atoms with Gasteiger partial charge in [0.25, 0.3) is 0 Å². The van der Waals surface area contributed by atoms with Gasteiger partial charge in [0, 0.05) is 23.9 Å². The Hall–Kier alpha value is -2.96. The van der Waals surface area contributed by atoms with Gasteiger partial charge in [-0.2, -0.15) is 5.26 Å². The average molecular weight is 430 g/mol. The molecule has 0 radical (unpaired) electrons. The third kappa shape index (κ3) is 3.95. The quantitative estimate of drug-likeness (QED) is 0.406. The molecule has 0 bridgehead atoms. The number of phenols is 1. The first kappa shape index (κ1) is 19.4. The van der Waals surface area contributed by atoms with E-state index in [2.05, 4.69) is 26.3 Å². The fraction of sp³-hybridized carbons (Fsp3) is 0.263. The summed E-state index contributed by atoms with van der Waals surface area (Å²) >= 11 is 7.60. The maximum atomic E-state index is 12.0. The number of fused-ring (bicyclic) bond motifs is 1. The molecule has 2 heterocycles. The summed E-state index contributed by atoms with van der Waals surface area (Å²) in [6, 6.07) is 5.30. The van der Waals surface area contributed by atoms with Gasteiger partial charge < -0.3 is 20.1 Å². The first-order chi connectivity index (χ1) is 14.0. The fourth-order valence-corrected chi connectivity index (χ4v) is 3.77. The highest BCUT2D eigenvalue weighted by molar-refractivity contribution is 7.99. The maximum absolute atomic E-state index is 12.0. The van der Waals surface area contributed by atoms with Crippen LogP contribution in [-0.2, 0) is 4.79 Å². The average Bonchev–Trinajstić information content (AvgIpc) is 3.43. The largest absolute Gasteiger partial charge is 0.504 e. The van der Waals surface area contributed by atoms with E-state index in [0.29, 0.717) is 38.0 Å². The molecule has 1 aliphatic carbocycles. The van der Waals surface area contributed by atoms with Crippen molar-refractivity contribution in [1.82, 2.24) is 20.3 Å². The molecule has 10 heteroatoms. The summed E-state index contributed by atoms with van der Waals surface area (Å²) in [4.78, 5) is 23.9. The van der Waals surface area contributed by atoms with Crippen LogP contribution in [0.1, 0.15) is 18.4 Å². The molecule has 3 N–H and O–H groups in total. The van der Waals surface area contributed by atoms with Gasteiger partial charge in [-0.1, -0.05) is 23.4 Å². The zero-order valence-electron chi connectivity index (χ0n) is 15.3. The number of aromatic amines is 1. The fourth-order valence-electron chi connectivity index (χ4n) is 2.88. The van der Waals surface area contributed by atoms with E-state index in [1.807, 2.05) is 0 Å². The van der Waals surface area contributed by atoms with E-state index in [0.717, 1.165) is 12.8 Å². The van der Waals surface area contributed by atoms with Crippen molar-refractivity contribution in [3.63, 3.8) is 0 Å². The summed E-state index contributed by atoms with van der Waals surface area (Å²) in [6.45, 7) is 0. The molecule has 2 aromatic heterocycles.